The summed E-state index contributed by atoms with van der Waals surface area (Å²) in [5.41, 5.74) is 2.22. The highest BCUT2D eigenvalue weighted by Gasteiger charge is 2.39. The minimum Gasteiger partial charge on any atom is -0.361 e. The molecule has 0 aliphatic rings. The van der Waals surface area contributed by atoms with Crippen molar-refractivity contribution in [1.29, 1.82) is 0 Å². The minimum absolute atomic E-state index is 0.112. The summed E-state index contributed by atoms with van der Waals surface area (Å²) in [6.45, 7) is 0. The maximum absolute atomic E-state index is 5.46. The molecule has 8 atom stereocenters. The predicted octanol–water partition coefficient (Wildman–Crippen LogP) is 5.31. The Hall–Kier alpha value is 2.54. The molecule has 8 unspecified atom stereocenters. The summed E-state index contributed by atoms with van der Waals surface area (Å²) in [7, 11) is 0. The lowest BCUT2D eigenvalue weighted by Crippen LogP contribution is -2.48. The standard InChI is InChI=1S/C22H30N8S20/c31-11(27-19(43)44)7(23-15(35)36)3-1-2-4(8(24-16(37)38)12(32)28-20(45)46)6(10(26-18(41)42)14(34)30-22(49)50)5(3)9(25-17(39)40)13(33)29-21(47)48/h1-2,7-14,31-34H,(H2,23,35,36)(H2,24,37,38)(H2,25,39,40)(H2,26,41,42)(H2,27,43,44)(H2,28,45,46)(H2,29,47,48)(H2,30,49,50). The largest absolute Gasteiger partial charge is 0.361 e. The molecule has 1 aromatic rings. The number of benzene rings is 1. The lowest BCUT2D eigenvalue weighted by atomic mass is 9.81. The van der Waals surface area contributed by atoms with Crippen LogP contribution in [0.1, 0.15) is 46.4 Å². The van der Waals surface area contributed by atoms with E-state index in [4.69, 9.17) is 148 Å². The first-order valence-corrected chi connectivity index (χ1v) is 21.8. The molecule has 0 bridgehead atoms. The van der Waals surface area contributed by atoms with Crippen molar-refractivity contribution in [1.82, 2.24) is 42.5 Å². The zero-order valence-corrected chi connectivity index (χ0v) is 41.7. The molecule has 8 N–H and O–H groups in total. The minimum atomic E-state index is -0.859. The summed E-state index contributed by atoms with van der Waals surface area (Å²) in [5, 5.41) is 21.9. The molecule has 50 heavy (non-hydrogen) atoms. The number of hydrogen-bond donors (Lipinski definition) is 20. The Morgan fingerprint density at radius 1 is 0.340 bits per heavy atom. The van der Waals surface area contributed by atoms with Crippen LogP contribution in [0, 0.1) is 0 Å². The van der Waals surface area contributed by atoms with Crippen LogP contribution in [0.4, 0.5) is 0 Å². The molecule has 0 radical (unpaired) electrons. The van der Waals surface area contributed by atoms with Crippen molar-refractivity contribution in [2.45, 2.75) is 45.7 Å². The van der Waals surface area contributed by atoms with Crippen molar-refractivity contribution in [3.63, 3.8) is 0 Å². The van der Waals surface area contributed by atoms with E-state index in [2.05, 4.69) is 144 Å². The molecule has 278 valence electrons. The smallest absolute Gasteiger partial charge is 0.131 e. The quantitative estimate of drug-likeness (QED) is 0.0599. The highest BCUT2D eigenvalue weighted by molar-refractivity contribution is 8.13. The van der Waals surface area contributed by atoms with Crippen LogP contribution in [0.15, 0.2) is 12.1 Å². The maximum Gasteiger partial charge on any atom is 0.131 e. The fourth-order valence-electron chi connectivity index (χ4n) is 4.55. The third-order valence-electron chi connectivity index (χ3n) is 6.11. The molecule has 0 aromatic heterocycles. The number of hydrogen-bond acceptors (Lipinski definition) is 12. The first-order valence-electron chi connectivity index (χ1n) is 12.9. The van der Waals surface area contributed by atoms with Crippen LogP contribution in [-0.4, -0.2) is 56.1 Å². The number of thiocarbonyl (C=S) groups is 8. The molecule has 0 saturated carbocycles. The van der Waals surface area contributed by atoms with E-state index in [1.54, 1.807) is 0 Å². The normalized spacial score (nSPS) is 15.6. The average Bonchev–Trinajstić information content (AvgIpc) is 2.93. The molecule has 0 fully saturated rings. The summed E-state index contributed by atoms with van der Waals surface area (Å²) >= 11 is 97.0. The van der Waals surface area contributed by atoms with Gasteiger partial charge in [0, 0.05) is 0 Å². The van der Waals surface area contributed by atoms with E-state index in [1.807, 2.05) is 12.1 Å². The van der Waals surface area contributed by atoms with E-state index in [0.29, 0.717) is 22.3 Å². The van der Waals surface area contributed by atoms with Gasteiger partial charge in [-0.2, -0.15) is 50.5 Å². The Morgan fingerprint density at radius 2 is 0.520 bits per heavy atom. The Balaban J connectivity index is 4.81. The summed E-state index contributed by atoms with van der Waals surface area (Å²) in [6.07, 6.45) is 0. The first-order chi connectivity index (χ1) is 23.1. The van der Waals surface area contributed by atoms with E-state index in [0.717, 1.165) is 0 Å². The molecule has 1 aromatic carbocycles. The fourth-order valence-corrected chi connectivity index (χ4v) is 8.87. The molecule has 1 rings (SSSR count). The van der Waals surface area contributed by atoms with E-state index in [9.17, 15) is 0 Å². The van der Waals surface area contributed by atoms with Gasteiger partial charge >= 0.3 is 0 Å². The van der Waals surface area contributed by atoms with Crippen LogP contribution in [-0.2, 0) is 0 Å². The van der Waals surface area contributed by atoms with Crippen molar-refractivity contribution in [3.8, 4) is 0 Å². The SMILES string of the molecule is S=C(S)NC(S)C(NC(=S)S)c1ccc(C(NC(=S)S)C(S)NC(=S)S)c(C(NC(=S)S)C(S)NC(=S)S)c1C(NC(=S)S)C(S)NC(=S)S. The average molecular weight is 1050 g/mol. The second-order valence-corrected chi connectivity index (χ2v) is 20.8. The number of rotatable bonds is 16. The van der Waals surface area contributed by atoms with Crippen molar-refractivity contribution in [2.75, 3.05) is 0 Å². The second kappa shape index (κ2) is 25.0. The molecule has 8 nitrogen and oxygen atoms in total. The van der Waals surface area contributed by atoms with Gasteiger partial charge in [0.05, 0.1) is 45.7 Å². The monoisotopic (exact) mass is 1050 g/mol. The Morgan fingerprint density at radius 3 is 0.720 bits per heavy atom. The van der Waals surface area contributed by atoms with Gasteiger partial charge in [0.15, 0.2) is 0 Å². The third kappa shape index (κ3) is 17.8. The molecular weight excluding hydrogens is 1020 g/mol. The number of nitrogens with one attached hydrogen (secondary N) is 8. The molecule has 0 saturated heterocycles. The van der Waals surface area contributed by atoms with Gasteiger partial charge in [-0.05, 0) is 22.3 Å². The van der Waals surface area contributed by atoms with Gasteiger partial charge in [0.25, 0.3) is 0 Å². The van der Waals surface area contributed by atoms with Crippen LogP contribution < -0.4 is 42.5 Å². The molecule has 0 aliphatic heterocycles. The van der Waals surface area contributed by atoms with Gasteiger partial charge in [-0.3, -0.25) is 0 Å². The van der Waals surface area contributed by atoms with E-state index >= 15 is 0 Å². The number of thiol groups is 12. The van der Waals surface area contributed by atoms with E-state index < -0.39 is 45.7 Å². The highest BCUT2D eigenvalue weighted by Crippen LogP contribution is 2.42. The summed E-state index contributed by atoms with van der Waals surface area (Å²) < 4.78 is 1.13. The van der Waals surface area contributed by atoms with Crippen molar-refractivity contribution >= 4 is 284 Å². The van der Waals surface area contributed by atoms with Crippen LogP contribution in [0.5, 0.6) is 0 Å². The van der Waals surface area contributed by atoms with Crippen LogP contribution >= 0.6 is 249 Å². The van der Waals surface area contributed by atoms with Gasteiger partial charge in [-0.15, -0.1) is 101 Å². The zero-order chi connectivity index (χ0) is 38.6. The predicted molar refractivity (Wildman–Crippen MR) is 286 cm³/mol. The lowest BCUT2D eigenvalue weighted by molar-refractivity contribution is 0.516. The Kier molecular flexibility index (Phi) is 25.3. The van der Waals surface area contributed by atoms with E-state index in [1.165, 1.54) is 0 Å². The van der Waals surface area contributed by atoms with Gasteiger partial charge in [0.1, 0.15) is 34.6 Å². The summed E-state index contributed by atoms with van der Waals surface area (Å²) in [5.74, 6) is 0. The van der Waals surface area contributed by atoms with Crippen molar-refractivity contribution < 1.29 is 0 Å². The molecular formula is C22H30N8S20. The van der Waals surface area contributed by atoms with Crippen LogP contribution in [0.2, 0.25) is 0 Å². The lowest BCUT2D eigenvalue weighted by Gasteiger charge is -2.40. The van der Waals surface area contributed by atoms with Crippen LogP contribution in [0.3, 0.4) is 0 Å². The van der Waals surface area contributed by atoms with Gasteiger partial charge < -0.3 is 42.5 Å². The van der Waals surface area contributed by atoms with Gasteiger partial charge in [-0.1, -0.05) is 110 Å². The highest BCUT2D eigenvalue weighted by atomic mass is 32.2. The molecule has 28 heteroatoms. The topological polar surface area (TPSA) is 96.2 Å². The molecule has 0 amide bonds. The van der Waals surface area contributed by atoms with Crippen molar-refractivity contribution in [3.05, 3.63) is 34.4 Å². The maximum atomic E-state index is 5.46. The third-order valence-corrected chi connectivity index (χ3v) is 9.80. The summed E-state index contributed by atoms with van der Waals surface area (Å²) in [4.78, 5) is 0. The second-order valence-electron chi connectivity index (χ2n) is 9.36. The summed E-state index contributed by atoms with van der Waals surface area (Å²) in [6, 6.07) is 0.423. The molecule has 0 heterocycles. The van der Waals surface area contributed by atoms with Gasteiger partial charge in [0.2, 0.25) is 0 Å². The van der Waals surface area contributed by atoms with Crippen molar-refractivity contribution in [2.24, 2.45) is 0 Å². The van der Waals surface area contributed by atoms with E-state index in [-0.39, 0.29) is 34.6 Å². The first kappa shape index (κ1) is 50.6. The zero-order valence-electron chi connectivity index (χ0n) is 24.4. The Labute approximate surface area is 400 Å². The molecule has 0 aliphatic carbocycles. The molecule has 0 spiro atoms. The Bertz CT molecular complexity index is 1370. The fraction of sp³-hybridized carbons (Fsp3) is 0.364. The van der Waals surface area contributed by atoms with Crippen LogP contribution in [0.25, 0.3) is 0 Å². The van der Waals surface area contributed by atoms with Gasteiger partial charge in [-0.25, -0.2) is 0 Å².